The van der Waals surface area contributed by atoms with Gasteiger partial charge in [-0.2, -0.15) is 15.0 Å². The maximum atomic E-state index is 13.0. The second-order valence-corrected chi connectivity index (χ2v) is 11.5. The highest BCUT2D eigenvalue weighted by Gasteiger charge is 2.22. The van der Waals surface area contributed by atoms with Gasteiger partial charge in [-0.25, -0.2) is 8.42 Å². The van der Waals surface area contributed by atoms with E-state index in [1.54, 1.807) is 6.07 Å². The quantitative estimate of drug-likeness (QED) is 0.124. The lowest BCUT2D eigenvalue weighted by Crippen LogP contribution is -2.34. The normalized spacial score (nSPS) is 14.2. The number of phenols is 1. The van der Waals surface area contributed by atoms with Crippen molar-refractivity contribution in [2.24, 2.45) is 0 Å². The summed E-state index contributed by atoms with van der Waals surface area (Å²) in [6.45, 7) is 3.61. The molecule has 0 saturated carbocycles. The summed E-state index contributed by atoms with van der Waals surface area (Å²) in [5.74, 6) is 2.08. The number of aromatic hydroxyl groups is 1. The number of phenolic OH excluding ortho intramolecular Hbond substituents is 1. The van der Waals surface area contributed by atoms with E-state index in [2.05, 4.69) is 29.8 Å². The van der Waals surface area contributed by atoms with E-state index in [-0.39, 0.29) is 64.8 Å². The maximum absolute atomic E-state index is 13.0. The van der Waals surface area contributed by atoms with Crippen molar-refractivity contribution < 1.29 is 28.7 Å². The Morgan fingerprint density at radius 2 is 1.29 bits per heavy atom. The molecule has 3 aromatic rings. The maximum Gasteiger partial charge on any atom is 0.262 e. The zero-order chi connectivity index (χ0) is 28.1. The molecule has 2 saturated heterocycles. The van der Waals surface area contributed by atoms with Gasteiger partial charge in [-0.1, -0.05) is 0 Å². The zero-order valence-corrected chi connectivity index (χ0v) is 27.6. The van der Waals surface area contributed by atoms with E-state index in [9.17, 15) is 13.5 Å². The topological polar surface area (TPSA) is 282 Å². The van der Waals surface area contributed by atoms with Crippen LogP contribution in [-0.4, -0.2) is 68.9 Å². The molecule has 2 aromatic carbocycles. The van der Waals surface area contributed by atoms with E-state index >= 15 is 0 Å². The van der Waals surface area contributed by atoms with Crippen LogP contribution in [0.2, 0.25) is 0 Å². The SMILES string of the molecule is COc1ccc(S(=O)(=O)Nc2ccc(Nc3nc(N4CCCCC4)nc(N4CCCCC4)n3)cc2O)cc1OC.Cl.N.N.N.N.[HH].[HH].[HH].[HH]. The van der Waals surface area contributed by atoms with Crippen molar-refractivity contribution in [3.05, 3.63) is 36.4 Å². The monoisotopic (exact) mass is 681 g/mol. The number of hydrogen-bond acceptors (Lipinski definition) is 15. The lowest BCUT2D eigenvalue weighted by Gasteiger charge is -2.30. The lowest BCUT2D eigenvalue weighted by molar-refractivity contribution is 0.354. The average molecular weight is 682 g/mol. The molecule has 0 spiro atoms. The summed E-state index contributed by atoms with van der Waals surface area (Å²) in [5.41, 5.74) is 0.533. The number of rotatable bonds is 9. The second kappa shape index (κ2) is 18.2. The predicted octanol–water partition coefficient (Wildman–Crippen LogP) is 6.17. The smallest absolute Gasteiger partial charge is 0.262 e. The van der Waals surface area contributed by atoms with Crippen LogP contribution in [0.5, 0.6) is 17.2 Å². The number of ether oxygens (including phenoxy) is 2. The number of methoxy groups -OCH3 is 2. The van der Waals surface area contributed by atoms with Gasteiger partial charge in [-0.05, 0) is 62.8 Å². The lowest BCUT2D eigenvalue weighted by atomic mass is 10.1. The molecule has 1 aromatic heterocycles. The van der Waals surface area contributed by atoms with Gasteiger partial charge in [0, 0.05) is 49.7 Å². The molecule has 2 aliphatic rings. The minimum Gasteiger partial charge on any atom is -0.506 e. The predicted molar refractivity (Wildman–Crippen MR) is 189 cm³/mol. The van der Waals surface area contributed by atoms with Crippen LogP contribution in [-0.2, 0) is 10.0 Å². The molecule has 45 heavy (non-hydrogen) atoms. The number of benzene rings is 2. The van der Waals surface area contributed by atoms with E-state index in [1.807, 2.05) is 0 Å². The van der Waals surface area contributed by atoms with Crippen molar-refractivity contribution in [2.75, 3.05) is 60.2 Å². The number of piperidine rings is 2. The summed E-state index contributed by atoms with van der Waals surface area (Å²) in [6.07, 6.45) is 6.80. The third kappa shape index (κ3) is 9.81. The molecule has 0 aliphatic carbocycles. The summed E-state index contributed by atoms with van der Waals surface area (Å²) >= 11 is 0. The number of hydrogen-bond donors (Lipinski definition) is 7. The summed E-state index contributed by atoms with van der Waals surface area (Å²) < 4.78 is 38.8. The summed E-state index contributed by atoms with van der Waals surface area (Å²) in [4.78, 5) is 18.5. The van der Waals surface area contributed by atoms with Crippen molar-refractivity contribution in [3.8, 4) is 17.2 Å². The largest absolute Gasteiger partial charge is 0.506 e. The molecular weight excluding hydrogens is 626 g/mol. The van der Waals surface area contributed by atoms with Crippen molar-refractivity contribution in [1.82, 2.24) is 39.6 Å². The Balaban J connectivity index is -0.000000717. The molecule has 2 fully saturated rings. The molecule has 15 N–H and O–H groups in total. The molecule has 2 aliphatic heterocycles. The highest BCUT2D eigenvalue weighted by atomic mass is 35.5. The fourth-order valence-corrected chi connectivity index (χ4v) is 5.98. The first-order valence-electron chi connectivity index (χ1n) is 13.5. The molecule has 5 rings (SSSR count). The first-order valence-corrected chi connectivity index (χ1v) is 15.0. The van der Waals surface area contributed by atoms with Crippen molar-refractivity contribution in [1.29, 1.82) is 0 Å². The van der Waals surface area contributed by atoms with Gasteiger partial charge >= 0.3 is 0 Å². The molecule has 0 atom stereocenters. The minimum atomic E-state index is -4.01. The van der Waals surface area contributed by atoms with Crippen LogP contribution in [0.4, 0.5) is 29.2 Å². The molecule has 262 valence electrons. The summed E-state index contributed by atoms with van der Waals surface area (Å²) in [6, 6.07) is 8.82. The van der Waals surface area contributed by atoms with Crippen molar-refractivity contribution in [3.63, 3.8) is 0 Å². The molecule has 18 heteroatoms. The fourth-order valence-electron chi connectivity index (χ4n) is 4.89. The van der Waals surface area contributed by atoms with Gasteiger partial charge in [0.2, 0.25) is 17.8 Å². The van der Waals surface area contributed by atoms with Crippen molar-refractivity contribution >= 4 is 51.7 Å². The first-order chi connectivity index (χ1) is 19.4. The van der Waals surface area contributed by atoms with E-state index in [1.165, 1.54) is 57.4 Å². The van der Waals surface area contributed by atoms with Gasteiger partial charge in [-0.15, -0.1) is 12.4 Å². The Morgan fingerprint density at radius 3 is 1.78 bits per heavy atom. The number of halogens is 1. The first kappa shape index (κ1) is 41.1. The Morgan fingerprint density at radius 1 is 0.756 bits per heavy atom. The Hall–Kier alpha value is -3.87. The number of aromatic nitrogens is 3. The van der Waals surface area contributed by atoms with E-state index in [4.69, 9.17) is 14.5 Å². The Kier molecular flexibility index (Phi) is 16.6. The number of nitrogens with zero attached hydrogens (tertiary/aromatic N) is 5. The molecule has 16 nitrogen and oxygen atoms in total. The molecule has 0 amide bonds. The highest BCUT2D eigenvalue weighted by Crippen LogP contribution is 2.33. The van der Waals surface area contributed by atoms with Gasteiger partial charge in [0.1, 0.15) is 5.75 Å². The van der Waals surface area contributed by atoms with Crippen molar-refractivity contribution in [2.45, 2.75) is 43.4 Å². The average Bonchev–Trinajstić information content (AvgIpc) is 2.99. The van der Waals surface area contributed by atoms with Gasteiger partial charge in [-0.3, -0.25) is 4.72 Å². The molecule has 0 radical (unpaired) electrons. The number of nitrogens with one attached hydrogen (secondary N) is 2. The van der Waals surface area contributed by atoms with E-state index in [0.717, 1.165) is 51.9 Å². The van der Waals surface area contributed by atoms with Crippen LogP contribution < -0.4 is 53.9 Å². The second-order valence-electron chi connectivity index (χ2n) is 9.83. The van der Waals surface area contributed by atoms with Crippen LogP contribution in [0, 0.1) is 0 Å². The number of sulfonamides is 1. The van der Waals surface area contributed by atoms with Gasteiger partial charge < -0.3 is 54.3 Å². The highest BCUT2D eigenvalue weighted by molar-refractivity contribution is 7.92. The Labute approximate surface area is 277 Å². The van der Waals surface area contributed by atoms with Gasteiger partial charge in [0.15, 0.2) is 11.5 Å². The Bertz CT molecular complexity index is 1440. The van der Waals surface area contributed by atoms with Crippen LogP contribution in [0.3, 0.4) is 0 Å². The van der Waals surface area contributed by atoms with E-state index < -0.39 is 10.0 Å². The van der Waals surface area contributed by atoms with Crippen LogP contribution in [0.1, 0.15) is 44.2 Å². The van der Waals surface area contributed by atoms with Crippen LogP contribution >= 0.6 is 12.4 Å². The molecule has 0 unspecified atom stereocenters. The van der Waals surface area contributed by atoms with Gasteiger partial charge in [0.25, 0.3) is 10.0 Å². The summed E-state index contributed by atoms with van der Waals surface area (Å²) in [5, 5.41) is 13.9. The van der Waals surface area contributed by atoms with Crippen LogP contribution in [0.25, 0.3) is 0 Å². The third-order valence-electron chi connectivity index (χ3n) is 7.05. The molecule has 0 bridgehead atoms. The molecule has 3 heterocycles. The van der Waals surface area contributed by atoms with Crippen LogP contribution in [0.15, 0.2) is 41.3 Å². The molecular formula is C27H56ClN11O5S. The van der Waals surface area contributed by atoms with E-state index in [0.29, 0.717) is 29.3 Å². The minimum absolute atomic E-state index is 0. The standard InChI is InChI=1S/C27H35N7O5S.ClH.4H3N.4H2/c1-38-23-12-10-20(18-24(23)39-2)40(36,37)32-21-11-9-19(17-22(21)35)28-25-29-26(33-13-5-3-6-14-33)31-27(30-25)34-15-7-4-8-16-34;;;;;;;;;/h9-12,17-18,32,35H,3-8,13-16H2,1-2H3,(H,28,29,30,31);1H;4*1H3;4*1H. The van der Waals surface area contributed by atoms with Gasteiger partial charge in [0.05, 0.1) is 24.8 Å². The summed E-state index contributed by atoms with van der Waals surface area (Å²) in [7, 11) is -1.11. The fraction of sp³-hybridized carbons (Fsp3) is 0.444. The number of anilines is 5. The zero-order valence-electron chi connectivity index (χ0n) is 26.0. The third-order valence-corrected chi connectivity index (χ3v) is 8.42.